The predicted octanol–water partition coefficient (Wildman–Crippen LogP) is -8.82. The Morgan fingerprint density at radius 1 is 0.625 bits per heavy atom. The second-order valence-corrected chi connectivity index (χ2v) is 4.00. The minimum Gasteiger partial charge on any atom is -1.00 e. The molecule has 6 N–H and O–H groups in total. The number of carboxylic acids is 4. The molecule has 11 nitrogen and oxygen atoms in total. The van der Waals surface area contributed by atoms with Crippen molar-refractivity contribution in [3.05, 3.63) is 0 Å². The topological polar surface area (TPSA) is 187 Å². The first-order chi connectivity index (χ1) is 9.20. The summed E-state index contributed by atoms with van der Waals surface area (Å²) in [5.74, 6) is -4.91. The maximum atomic E-state index is 10.6. The Morgan fingerprint density at radius 3 is 0.917 bits per heavy atom. The average molecular weight is 400 g/mol. The van der Waals surface area contributed by atoms with Crippen LogP contribution in [0.5, 0.6) is 0 Å². The molecular formula is C10H22CaN2Na2O9. The van der Waals surface area contributed by atoms with E-state index < -0.39 is 50.1 Å². The number of carboxylic acid groups (broad SMARTS) is 4. The molecule has 0 aromatic heterocycles. The molecule has 0 spiro atoms. The van der Waals surface area contributed by atoms with E-state index in [1.165, 1.54) is 0 Å². The van der Waals surface area contributed by atoms with Crippen LogP contribution >= 0.6 is 0 Å². The molecule has 24 heavy (non-hydrogen) atoms. The van der Waals surface area contributed by atoms with Gasteiger partial charge in [0.25, 0.3) is 0 Å². The summed E-state index contributed by atoms with van der Waals surface area (Å²) in [6, 6.07) is 0. The van der Waals surface area contributed by atoms with Crippen LogP contribution in [0.25, 0.3) is 0 Å². The van der Waals surface area contributed by atoms with Gasteiger partial charge in [-0.15, -0.1) is 0 Å². The van der Waals surface area contributed by atoms with E-state index in [1.54, 1.807) is 0 Å². The molecule has 0 saturated heterocycles. The van der Waals surface area contributed by atoms with E-state index in [2.05, 4.69) is 0 Å². The second kappa shape index (κ2) is 20.3. The number of hydrogen-bond donors (Lipinski definition) is 4. The van der Waals surface area contributed by atoms with Crippen molar-refractivity contribution < 1.29 is 110 Å². The van der Waals surface area contributed by atoms with Crippen molar-refractivity contribution in [1.29, 1.82) is 0 Å². The maximum absolute atomic E-state index is 10.6. The fourth-order valence-electron chi connectivity index (χ4n) is 1.48. The molecule has 14 heteroatoms. The van der Waals surface area contributed by atoms with Crippen LogP contribution in [-0.2, 0) is 19.2 Å². The summed E-state index contributed by atoms with van der Waals surface area (Å²) >= 11 is 0. The van der Waals surface area contributed by atoms with Crippen LogP contribution in [0.4, 0.5) is 0 Å². The van der Waals surface area contributed by atoms with Gasteiger partial charge < -0.3 is 31.6 Å². The third-order valence-electron chi connectivity index (χ3n) is 2.17. The van der Waals surface area contributed by atoms with Crippen molar-refractivity contribution in [2.75, 3.05) is 39.3 Å². The number of carbonyl (C=O) groups is 4. The molecule has 0 unspecified atom stereocenters. The van der Waals surface area contributed by atoms with Gasteiger partial charge in [0.1, 0.15) is 0 Å². The Hall–Kier alpha value is 1.02. The second-order valence-electron chi connectivity index (χ2n) is 4.00. The molecule has 0 rings (SSSR count). The van der Waals surface area contributed by atoms with Gasteiger partial charge in [-0.1, -0.05) is 0 Å². The molecule has 0 aromatic carbocycles. The first-order valence-electron chi connectivity index (χ1n) is 5.52. The molecule has 0 aliphatic carbocycles. The van der Waals surface area contributed by atoms with Crippen LogP contribution in [0.3, 0.4) is 0 Å². The zero-order valence-corrected chi connectivity index (χ0v) is 20.0. The van der Waals surface area contributed by atoms with E-state index in [0.29, 0.717) is 0 Å². The third kappa shape index (κ3) is 23.0. The van der Waals surface area contributed by atoms with E-state index in [0.717, 1.165) is 9.80 Å². The Labute approximate surface area is 218 Å². The van der Waals surface area contributed by atoms with E-state index in [1.807, 2.05) is 0 Å². The molecule has 0 aromatic rings. The van der Waals surface area contributed by atoms with Crippen molar-refractivity contribution in [2.24, 2.45) is 0 Å². The third-order valence-corrected chi connectivity index (χ3v) is 2.17. The van der Waals surface area contributed by atoms with Gasteiger partial charge in [0.2, 0.25) is 0 Å². The van der Waals surface area contributed by atoms with Crippen LogP contribution in [0.15, 0.2) is 0 Å². The van der Waals surface area contributed by atoms with Gasteiger partial charge in [0.15, 0.2) is 0 Å². The SMILES string of the molecule is O.O=C(O)CN(CCN(CC(=O)O)CC(=O)O)CC(=O)O.[Ca+2].[H-].[H-].[H-].[H-].[Na+].[Na+]. The van der Waals surface area contributed by atoms with Gasteiger partial charge in [-0.25, -0.2) is 0 Å². The summed E-state index contributed by atoms with van der Waals surface area (Å²) in [7, 11) is 0. The zero-order chi connectivity index (χ0) is 15.7. The van der Waals surface area contributed by atoms with Crippen LogP contribution in [0.1, 0.15) is 5.71 Å². The van der Waals surface area contributed by atoms with Crippen LogP contribution in [-0.4, -0.2) is 137 Å². The van der Waals surface area contributed by atoms with E-state index >= 15 is 0 Å². The molecule has 0 radical (unpaired) electrons. The number of aliphatic carboxylic acids is 4. The van der Waals surface area contributed by atoms with Gasteiger partial charge in [-0.05, 0) is 0 Å². The Bertz CT molecular complexity index is 349. The predicted molar refractivity (Wildman–Crippen MR) is 77.2 cm³/mol. The monoisotopic (exact) mass is 400 g/mol. The van der Waals surface area contributed by atoms with Gasteiger partial charge in [-0.3, -0.25) is 29.0 Å². The fourth-order valence-corrected chi connectivity index (χ4v) is 1.48. The summed E-state index contributed by atoms with van der Waals surface area (Å²) < 4.78 is 0. The Balaban J connectivity index is -0.0000000645. The maximum Gasteiger partial charge on any atom is 2.00 e. The normalized spacial score (nSPS) is 8.92. The molecule has 0 fully saturated rings. The summed E-state index contributed by atoms with van der Waals surface area (Å²) in [5, 5.41) is 34.5. The van der Waals surface area contributed by atoms with E-state index in [-0.39, 0.29) is 121 Å². The van der Waals surface area contributed by atoms with Gasteiger partial charge in [-0.2, -0.15) is 0 Å². The van der Waals surface area contributed by atoms with Crippen LogP contribution in [0.2, 0.25) is 0 Å². The first-order valence-corrected chi connectivity index (χ1v) is 5.52. The molecule has 0 saturated carbocycles. The number of hydrogen-bond acceptors (Lipinski definition) is 6. The minimum absolute atomic E-state index is 0. The smallest absolute Gasteiger partial charge is 1.00 e. The Kier molecular flexibility index (Phi) is 30.5. The molecule has 0 aliphatic rings. The van der Waals surface area contributed by atoms with E-state index in [4.69, 9.17) is 20.4 Å². The first kappa shape index (κ1) is 36.0. The van der Waals surface area contributed by atoms with Crippen molar-refractivity contribution >= 4 is 61.6 Å². The summed E-state index contributed by atoms with van der Waals surface area (Å²) in [5.41, 5.74) is 0. The molecular weight excluding hydrogens is 378 g/mol. The molecule has 0 heterocycles. The van der Waals surface area contributed by atoms with Crippen molar-refractivity contribution in [2.45, 2.75) is 0 Å². The van der Waals surface area contributed by atoms with Crippen LogP contribution < -0.4 is 59.1 Å². The molecule has 0 atom stereocenters. The number of nitrogens with zero attached hydrogens (tertiary/aromatic N) is 2. The largest absolute Gasteiger partial charge is 2.00 e. The van der Waals surface area contributed by atoms with E-state index in [9.17, 15) is 19.2 Å². The fraction of sp³-hybridized carbons (Fsp3) is 0.600. The van der Waals surface area contributed by atoms with Gasteiger partial charge in [0, 0.05) is 13.1 Å². The van der Waals surface area contributed by atoms with Crippen molar-refractivity contribution in [1.82, 2.24) is 9.80 Å². The minimum atomic E-state index is -1.23. The molecule has 130 valence electrons. The number of rotatable bonds is 11. The molecule has 0 bridgehead atoms. The van der Waals surface area contributed by atoms with Crippen LogP contribution in [0, 0.1) is 0 Å². The van der Waals surface area contributed by atoms with Crippen molar-refractivity contribution in [3.63, 3.8) is 0 Å². The molecule has 0 amide bonds. The summed E-state index contributed by atoms with van der Waals surface area (Å²) in [6.07, 6.45) is 0. The van der Waals surface area contributed by atoms with Crippen molar-refractivity contribution in [3.8, 4) is 0 Å². The standard InChI is InChI=1S/C10H16N2O8.Ca.2Na.H2O.4H/c13-7(14)3-11(4-8(15)16)1-2-12(5-9(17)18)6-10(19)20;;;;;;;;/h1-6H2,(H,13,14)(H,15,16)(H,17,18)(H,19,20);;;;1H2;;;;/q;+2;2*+1;;4*-1. The van der Waals surface area contributed by atoms with Gasteiger partial charge >= 0.3 is 121 Å². The molecule has 0 aliphatic heterocycles. The quantitative estimate of drug-likeness (QED) is 0.243. The Morgan fingerprint density at radius 2 is 0.792 bits per heavy atom. The average Bonchev–Trinajstić information content (AvgIpc) is 2.22. The summed E-state index contributed by atoms with van der Waals surface area (Å²) in [4.78, 5) is 44.4. The zero-order valence-electron chi connectivity index (χ0n) is 17.8. The van der Waals surface area contributed by atoms with Gasteiger partial charge in [0.05, 0.1) is 26.2 Å². The summed E-state index contributed by atoms with van der Waals surface area (Å²) in [6.45, 7) is -2.25.